The second-order valence-electron chi connectivity index (χ2n) is 2.02. The highest BCUT2D eigenvalue weighted by atomic mass is 79.9. The van der Waals surface area contributed by atoms with E-state index in [0.717, 1.165) is 12.1 Å². The molecule has 1 aromatic carbocycles. The summed E-state index contributed by atoms with van der Waals surface area (Å²) >= 11 is 2.64. The summed E-state index contributed by atoms with van der Waals surface area (Å²) in [4.78, 5) is 10.4. The molecule has 12 heavy (non-hydrogen) atoms. The fraction of sp³-hybridized carbons (Fsp3) is 0. The average Bonchev–Trinajstić information content (AvgIpc) is 1.97. The maximum atomic E-state index is 12.7. The van der Waals surface area contributed by atoms with Gasteiger partial charge in [0.05, 0.1) is 4.47 Å². The SMILES string of the molecule is O=C(O)c1c(F)ccc(F)c1Br. The highest BCUT2D eigenvalue weighted by Gasteiger charge is 2.17. The summed E-state index contributed by atoms with van der Waals surface area (Å²) in [6.07, 6.45) is 0. The van der Waals surface area contributed by atoms with Gasteiger partial charge in [-0.1, -0.05) is 0 Å². The number of hydrogen-bond acceptors (Lipinski definition) is 1. The molecule has 64 valence electrons. The molecule has 0 heterocycles. The molecule has 0 unspecified atom stereocenters. The van der Waals surface area contributed by atoms with Gasteiger partial charge >= 0.3 is 5.97 Å². The summed E-state index contributed by atoms with van der Waals surface area (Å²) < 4.78 is 25.0. The zero-order valence-electron chi connectivity index (χ0n) is 5.64. The molecule has 0 saturated carbocycles. The van der Waals surface area contributed by atoms with E-state index in [1.165, 1.54) is 0 Å². The standard InChI is InChI=1S/C7H3BrF2O2/c8-6-4(10)2-1-3(9)5(6)7(11)12/h1-2H,(H,11,12). The van der Waals surface area contributed by atoms with Crippen LogP contribution in [-0.2, 0) is 0 Å². The van der Waals surface area contributed by atoms with Crippen molar-refractivity contribution in [1.82, 2.24) is 0 Å². The van der Waals surface area contributed by atoms with Crippen LogP contribution >= 0.6 is 15.9 Å². The summed E-state index contributed by atoms with van der Waals surface area (Å²) in [5.41, 5.74) is -0.685. The van der Waals surface area contributed by atoms with Gasteiger partial charge in [-0.2, -0.15) is 0 Å². The molecule has 0 radical (unpaired) electrons. The van der Waals surface area contributed by atoms with Crippen molar-refractivity contribution >= 4 is 21.9 Å². The predicted octanol–water partition coefficient (Wildman–Crippen LogP) is 2.43. The molecule has 5 heteroatoms. The van der Waals surface area contributed by atoms with Gasteiger partial charge in [0, 0.05) is 0 Å². The van der Waals surface area contributed by atoms with Crippen molar-refractivity contribution < 1.29 is 18.7 Å². The average molecular weight is 237 g/mol. The predicted molar refractivity (Wildman–Crippen MR) is 41.0 cm³/mol. The molecule has 1 N–H and O–H groups in total. The fourth-order valence-electron chi connectivity index (χ4n) is 0.723. The van der Waals surface area contributed by atoms with Crippen LogP contribution in [0.3, 0.4) is 0 Å². The van der Waals surface area contributed by atoms with Gasteiger partial charge in [0.15, 0.2) is 0 Å². The highest BCUT2D eigenvalue weighted by molar-refractivity contribution is 9.10. The van der Waals surface area contributed by atoms with Crippen molar-refractivity contribution in [2.24, 2.45) is 0 Å². The summed E-state index contributed by atoms with van der Waals surface area (Å²) in [5.74, 6) is -3.26. The summed E-state index contributed by atoms with van der Waals surface area (Å²) in [5, 5.41) is 8.43. The number of rotatable bonds is 1. The van der Waals surface area contributed by atoms with E-state index in [2.05, 4.69) is 15.9 Å². The van der Waals surface area contributed by atoms with Crippen LogP contribution in [0.4, 0.5) is 8.78 Å². The molecule has 0 bridgehead atoms. The summed E-state index contributed by atoms with van der Waals surface area (Å²) in [6, 6.07) is 1.62. The monoisotopic (exact) mass is 236 g/mol. The number of benzene rings is 1. The molecule has 0 fully saturated rings. The Kier molecular flexibility index (Phi) is 2.42. The lowest BCUT2D eigenvalue weighted by atomic mass is 10.2. The van der Waals surface area contributed by atoms with Crippen molar-refractivity contribution in [2.75, 3.05) is 0 Å². The molecule has 0 aliphatic carbocycles. The minimum absolute atomic E-state index is 0.366. The normalized spacial score (nSPS) is 9.92. The van der Waals surface area contributed by atoms with E-state index in [1.807, 2.05) is 0 Å². The summed E-state index contributed by atoms with van der Waals surface area (Å²) in [6.45, 7) is 0. The maximum absolute atomic E-state index is 12.7. The molecular formula is C7H3BrF2O2. The van der Waals surface area contributed by atoms with Gasteiger partial charge in [-0.05, 0) is 28.1 Å². The second-order valence-corrected chi connectivity index (χ2v) is 2.82. The van der Waals surface area contributed by atoms with E-state index >= 15 is 0 Å². The van der Waals surface area contributed by atoms with Gasteiger partial charge < -0.3 is 5.11 Å². The second kappa shape index (κ2) is 3.18. The van der Waals surface area contributed by atoms with Gasteiger partial charge in [0.1, 0.15) is 17.2 Å². The highest BCUT2D eigenvalue weighted by Crippen LogP contribution is 2.22. The molecule has 0 spiro atoms. The molecule has 1 aromatic rings. The fourth-order valence-corrected chi connectivity index (χ4v) is 1.21. The van der Waals surface area contributed by atoms with E-state index in [4.69, 9.17) is 5.11 Å². The Morgan fingerprint density at radius 1 is 1.33 bits per heavy atom. The number of aromatic carboxylic acids is 1. The Bertz CT molecular complexity index is 338. The van der Waals surface area contributed by atoms with Crippen LogP contribution in [0, 0.1) is 11.6 Å². The number of carboxylic acid groups (broad SMARTS) is 1. The molecule has 2 nitrogen and oxygen atoms in total. The Labute approximate surface area is 75.0 Å². The molecule has 0 atom stereocenters. The van der Waals surface area contributed by atoms with Crippen molar-refractivity contribution in [3.8, 4) is 0 Å². The first kappa shape index (κ1) is 9.12. The first-order valence-electron chi connectivity index (χ1n) is 2.91. The number of hydrogen-bond donors (Lipinski definition) is 1. The zero-order chi connectivity index (χ0) is 9.30. The third kappa shape index (κ3) is 1.45. The van der Waals surface area contributed by atoms with Crippen molar-refractivity contribution in [1.29, 1.82) is 0 Å². The van der Waals surface area contributed by atoms with Crippen LogP contribution in [0.5, 0.6) is 0 Å². The quantitative estimate of drug-likeness (QED) is 0.761. The van der Waals surface area contributed by atoms with Crippen molar-refractivity contribution in [2.45, 2.75) is 0 Å². The van der Waals surface area contributed by atoms with Crippen molar-refractivity contribution in [3.63, 3.8) is 0 Å². The third-order valence-electron chi connectivity index (χ3n) is 1.26. The maximum Gasteiger partial charge on any atom is 0.339 e. The van der Waals surface area contributed by atoms with Crippen molar-refractivity contribution in [3.05, 3.63) is 33.8 Å². The number of carboxylic acids is 1. The number of halogens is 3. The lowest BCUT2D eigenvalue weighted by Gasteiger charge is -2.00. The molecule has 1 rings (SSSR count). The molecule has 0 saturated heterocycles. The molecule has 0 aliphatic heterocycles. The smallest absolute Gasteiger partial charge is 0.339 e. The Morgan fingerprint density at radius 3 is 2.25 bits per heavy atom. The van der Waals surface area contributed by atoms with E-state index < -0.39 is 23.2 Å². The van der Waals surface area contributed by atoms with Crippen LogP contribution in [0.1, 0.15) is 10.4 Å². The first-order chi connectivity index (χ1) is 5.54. The van der Waals surface area contributed by atoms with Crippen LogP contribution in [-0.4, -0.2) is 11.1 Å². The Hall–Kier alpha value is -0.970. The molecule has 0 aliphatic rings. The number of carbonyl (C=O) groups is 1. The summed E-state index contributed by atoms with van der Waals surface area (Å²) in [7, 11) is 0. The molecular weight excluding hydrogens is 234 g/mol. The molecule has 0 aromatic heterocycles. The van der Waals surface area contributed by atoms with E-state index in [9.17, 15) is 13.6 Å². The lowest BCUT2D eigenvalue weighted by molar-refractivity contribution is 0.0690. The van der Waals surface area contributed by atoms with Crippen LogP contribution in [0.25, 0.3) is 0 Å². The zero-order valence-corrected chi connectivity index (χ0v) is 7.23. The van der Waals surface area contributed by atoms with E-state index in [1.54, 1.807) is 0 Å². The lowest BCUT2D eigenvalue weighted by Crippen LogP contribution is -2.03. The molecule has 0 amide bonds. The Morgan fingerprint density at radius 2 is 1.83 bits per heavy atom. The third-order valence-corrected chi connectivity index (χ3v) is 2.03. The van der Waals surface area contributed by atoms with Crippen LogP contribution in [0.2, 0.25) is 0 Å². The minimum atomic E-state index is -1.50. The van der Waals surface area contributed by atoms with Gasteiger partial charge in [0.25, 0.3) is 0 Å². The van der Waals surface area contributed by atoms with E-state index in [0.29, 0.717) is 0 Å². The van der Waals surface area contributed by atoms with Crippen LogP contribution < -0.4 is 0 Å². The van der Waals surface area contributed by atoms with Gasteiger partial charge in [0.2, 0.25) is 0 Å². The first-order valence-corrected chi connectivity index (χ1v) is 3.70. The topological polar surface area (TPSA) is 37.3 Å². The van der Waals surface area contributed by atoms with Crippen LogP contribution in [0.15, 0.2) is 16.6 Å². The van der Waals surface area contributed by atoms with Gasteiger partial charge in [-0.25, -0.2) is 13.6 Å². The van der Waals surface area contributed by atoms with Gasteiger partial charge in [-0.15, -0.1) is 0 Å². The minimum Gasteiger partial charge on any atom is -0.478 e. The Balaban J connectivity index is 3.43. The van der Waals surface area contributed by atoms with Gasteiger partial charge in [-0.3, -0.25) is 0 Å². The van der Waals surface area contributed by atoms with E-state index in [-0.39, 0.29) is 4.47 Å². The largest absolute Gasteiger partial charge is 0.478 e.